The minimum atomic E-state index is -0.733. The molecule has 92 valence electrons. The number of hydrogen-bond donors (Lipinski definition) is 0. The molecule has 0 bridgehead atoms. The first-order valence-corrected chi connectivity index (χ1v) is 6.19. The van der Waals surface area contributed by atoms with Crippen LogP contribution in [-0.2, 0) is 4.84 Å². The van der Waals surface area contributed by atoms with Gasteiger partial charge in [0.15, 0.2) is 0 Å². The summed E-state index contributed by atoms with van der Waals surface area (Å²) >= 11 is 1.50. The van der Waals surface area contributed by atoms with E-state index in [0.29, 0.717) is 6.42 Å². The zero-order valence-corrected chi connectivity index (χ0v) is 10.6. The van der Waals surface area contributed by atoms with Gasteiger partial charge in [-0.1, -0.05) is 43.0 Å². The van der Waals surface area contributed by atoms with Crippen molar-refractivity contribution in [3.05, 3.63) is 51.4 Å². The molecule has 0 fully saturated rings. The first-order valence-electron chi connectivity index (χ1n) is 5.37. The van der Waals surface area contributed by atoms with E-state index in [1.54, 1.807) is 0 Å². The van der Waals surface area contributed by atoms with E-state index in [2.05, 4.69) is 4.84 Å². The predicted molar refractivity (Wildman–Crippen MR) is 68.2 cm³/mol. The van der Waals surface area contributed by atoms with Crippen molar-refractivity contribution in [3.63, 3.8) is 0 Å². The number of thioether (sulfide) groups is 1. The van der Waals surface area contributed by atoms with Crippen LogP contribution in [0.2, 0.25) is 0 Å². The number of hydrogen-bond acceptors (Lipinski definition) is 4. The highest BCUT2D eigenvalue weighted by Crippen LogP contribution is 2.31. The number of rotatable bonds is 6. The summed E-state index contributed by atoms with van der Waals surface area (Å²) in [6, 6.07) is 9.74. The van der Waals surface area contributed by atoms with Crippen molar-refractivity contribution in [2.24, 2.45) is 0 Å². The van der Waals surface area contributed by atoms with Crippen molar-refractivity contribution in [1.82, 2.24) is 0 Å². The molecule has 17 heavy (non-hydrogen) atoms. The second-order valence-corrected chi connectivity index (χ2v) is 4.48. The fourth-order valence-electron chi connectivity index (χ4n) is 1.37. The van der Waals surface area contributed by atoms with Gasteiger partial charge in [0.05, 0.1) is 0 Å². The van der Waals surface area contributed by atoms with Crippen LogP contribution < -0.4 is 0 Å². The van der Waals surface area contributed by atoms with E-state index >= 15 is 0 Å². The van der Waals surface area contributed by atoms with Crippen molar-refractivity contribution in [2.75, 3.05) is 0 Å². The Balaban J connectivity index is 2.74. The molecular formula is C12H15NO3S. The maximum absolute atomic E-state index is 10.4. The fourth-order valence-corrected chi connectivity index (χ4v) is 2.39. The van der Waals surface area contributed by atoms with Gasteiger partial charge in [-0.2, -0.15) is 0 Å². The van der Waals surface area contributed by atoms with Crippen LogP contribution in [0.1, 0.15) is 20.3 Å². The molecule has 0 saturated carbocycles. The lowest BCUT2D eigenvalue weighted by molar-refractivity contribution is -0.765. The molecule has 0 spiro atoms. The molecule has 1 rings (SSSR count). The summed E-state index contributed by atoms with van der Waals surface area (Å²) in [6.07, 6.45) is 1.94. The van der Waals surface area contributed by atoms with Crippen molar-refractivity contribution < 1.29 is 9.92 Å². The first kappa shape index (κ1) is 13.6. The Labute approximate surface area is 105 Å². The third-order valence-corrected chi connectivity index (χ3v) is 3.41. The van der Waals surface area contributed by atoms with E-state index < -0.39 is 11.2 Å². The second-order valence-electron chi connectivity index (χ2n) is 3.33. The monoisotopic (exact) mass is 253 g/mol. The Bertz CT molecular complexity index is 392. The largest absolute Gasteiger partial charge is 0.305 e. The molecule has 0 amide bonds. The van der Waals surface area contributed by atoms with E-state index in [1.165, 1.54) is 11.8 Å². The molecule has 0 heterocycles. The van der Waals surface area contributed by atoms with Crippen molar-refractivity contribution >= 4 is 11.8 Å². The second kappa shape index (κ2) is 6.96. The van der Waals surface area contributed by atoms with Gasteiger partial charge in [-0.05, 0) is 25.5 Å². The Kier molecular flexibility index (Phi) is 5.56. The Morgan fingerprint density at radius 2 is 2.18 bits per heavy atom. The lowest BCUT2D eigenvalue weighted by atomic mass is 10.2. The van der Waals surface area contributed by atoms with Crippen LogP contribution in [0.4, 0.5) is 0 Å². The standard InChI is InChI=1S/C12H15NO3S/c1-3-11(16-13(14)15)12(4-2)17-10-8-6-5-7-9-10/h4-9,11H,3H2,1-2H3/b12-4+. The van der Waals surface area contributed by atoms with Gasteiger partial charge in [-0.3, -0.25) is 0 Å². The molecule has 1 aromatic carbocycles. The summed E-state index contributed by atoms with van der Waals surface area (Å²) in [4.78, 5) is 17.0. The maximum atomic E-state index is 10.4. The smallest absolute Gasteiger partial charge is 0.295 e. The van der Waals surface area contributed by atoms with Gasteiger partial charge < -0.3 is 4.84 Å². The van der Waals surface area contributed by atoms with E-state index in [4.69, 9.17) is 0 Å². The van der Waals surface area contributed by atoms with Crippen LogP contribution in [0.3, 0.4) is 0 Å². The van der Waals surface area contributed by atoms with Gasteiger partial charge in [0, 0.05) is 9.80 Å². The highest BCUT2D eigenvalue weighted by molar-refractivity contribution is 8.03. The van der Waals surface area contributed by atoms with Crippen LogP contribution in [0.25, 0.3) is 0 Å². The minimum absolute atomic E-state index is 0.486. The molecule has 4 nitrogen and oxygen atoms in total. The lowest BCUT2D eigenvalue weighted by Crippen LogP contribution is -2.17. The maximum Gasteiger partial charge on any atom is 0.295 e. The molecule has 0 radical (unpaired) electrons. The minimum Gasteiger partial charge on any atom is -0.305 e. The average Bonchev–Trinajstić information content (AvgIpc) is 2.34. The van der Waals surface area contributed by atoms with Gasteiger partial charge in [0.1, 0.15) is 6.10 Å². The molecule has 0 aliphatic rings. The lowest BCUT2D eigenvalue weighted by Gasteiger charge is -2.16. The molecule has 0 aliphatic heterocycles. The SMILES string of the molecule is C/C=C(/Sc1ccccc1)C(CC)O[N+](=O)[O-]. The number of benzene rings is 1. The van der Waals surface area contributed by atoms with Crippen LogP contribution in [-0.4, -0.2) is 11.2 Å². The first-order chi connectivity index (χ1) is 8.17. The van der Waals surface area contributed by atoms with E-state index in [9.17, 15) is 10.1 Å². The normalized spacial score (nSPS) is 13.2. The highest BCUT2D eigenvalue weighted by atomic mass is 32.2. The quantitative estimate of drug-likeness (QED) is 0.441. The number of allylic oxidation sites excluding steroid dienone is 1. The van der Waals surface area contributed by atoms with Crippen LogP contribution in [0.5, 0.6) is 0 Å². The third-order valence-electron chi connectivity index (χ3n) is 2.16. The summed E-state index contributed by atoms with van der Waals surface area (Å²) in [5, 5.41) is 9.66. The van der Waals surface area contributed by atoms with Crippen LogP contribution >= 0.6 is 11.8 Å². The fraction of sp³-hybridized carbons (Fsp3) is 0.333. The molecule has 0 aromatic heterocycles. The van der Waals surface area contributed by atoms with Gasteiger partial charge in [0.25, 0.3) is 5.09 Å². The molecule has 0 saturated heterocycles. The average molecular weight is 253 g/mol. The molecule has 1 atom stereocenters. The predicted octanol–water partition coefficient (Wildman–Crippen LogP) is 3.67. The summed E-state index contributed by atoms with van der Waals surface area (Å²) in [6.45, 7) is 3.72. The van der Waals surface area contributed by atoms with Gasteiger partial charge in [0.2, 0.25) is 0 Å². The summed E-state index contributed by atoms with van der Waals surface area (Å²) in [5.41, 5.74) is 0. The molecule has 1 unspecified atom stereocenters. The van der Waals surface area contributed by atoms with Crippen molar-refractivity contribution in [1.29, 1.82) is 0 Å². The van der Waals surface area contributed by atoms with E-state index in [1.807, 2.05) is 50.3 Å². The van der Waals surface area contributed by atoms with Crippen molar-refractivity contribution in [2.45, 2.75) is 31.3 Å². The number of nitrogens with zero attached hydrogens (tertiary/aromatic N) is 1. The summed E-state index contributed by atoms with van der Waals surface area (Å²) in [7, 11) is 0. The summed E-state index contributed by atoms with van der Waals surface area (Å²) < 4.78 is 0. The molecular weight excluding hydrogens is 238 g/mol. The molecule has 0 aliphatic carbocycles. The van der Waals surface area contributed by atoms with Crippen LogP contribution in [0, 0.1) is 10.1 Å². The highest BCUT2D eigenvalue weighted by Gasteiger charge is 2.16. The van der Waals surface area contributed by atoms with Gasteiger partial charge in [-0.25, -0.2) is 0 Å². The Hall–Kier alpha value is -1.49. The third kappa shape index (κ3) is 4.48. The van der Waals surface area contributed by atoms with E-state index in [-0.39, 0.29) is 0 Å². The Morgan fingerprint density at radius 3 is 2.65 bits per heavy atom. The molecule has 0 N–H and O–H groups in total. The van der Waals surface area contributed by atoms with E-state index in [0.717, 1.165) is 9.80 Å². The van der Waals surface area contributed by atoms with Gasteiger partial charge >= 0.3 is 0 Å². The zero-order chi connectivity index (χ0) is 12.7. The van der Waals surface area contributed by atoms with Crippen LogP contribution in [0.15, 0.2) is 46.2 Å². The zero-order valence-electron chi connectivity index (χ0n) is 9.83. The summed E-state index contributed by atoms with van der Waals surface area (Å²) in [5.74, 6) is 0. The van der Waals surface area contributed by atoms with Crippen molar-refractivity contribution in [3.8, 4) is 0 Å². The van der Waals surface area contributed by atoms with Gasteiger partial charge in [-0.15, -0.1) is 10.1 Å². The topological polar surface area (TPSA) is 52.4 Å². The Morgan fingerprint density at radius 1 is 1.53 bits per heavy atom. The molecule has 5 heteroatoms. The molecule has 1 aromatic rings.